The van der Waals surface area contributed by atoms with E-state index in [1.54, 1.807) is 12.2 Å². The van der Waals surface area contributed by atoms with Gasteiger partial charge in [-0.25, -0.2) is 0 Å². The van der Waals surface area contributed by atoms with Crippen LogP contribution in [0.5, 0.6) is 0 Å². The van der Waals surface area contributed by atoms with Crippen molar-refractivity contribution in [1.82, 2.24) is 0 Å². The highest BCUT2D eigenvalue weighted by Crippen LogP contribution is 2.24. The minimum Gasteiger partial charge on any atom is -0.355 e. The van der Waals surface area contributed by atoms with E-state index in [-0.39, 0.29) is 0 Å². The molecule has 0 radical (unpaired) electrons. The van der Waals surface area contributed by atoms with Crippen molar-refractivity contribution < 1.29 is 0 Å². The second-order valence-electron chi connectivity index (χ2n) is 3.71. The van der Waals surface area contributed by atoms with Gasteiger partial charge in [0, 0.05) is 16.8 Å². The van der Waals surface area contributed by atoms with E-state index in [1.807, 2.05) is 24.3 Å². The van der Waals surface area contributed by atoms with E-state index in [1.165, 1.54) is 10.8 Å². The van der Waals surface area contributed by atoms with Gasteiger partial charge in [0.25, 0.3) is 0 Å². The molecule has 1 nitrogen and oxygen atoms in total. The van der Waals surface area contributed by atoms with E-state index in [4.69, 9.17) is 0 Å². The predicted molar refractivity (Wildman–Crippen MR) is 76.0 cm³/mol. The molecule has 0 spiro atoms. The van der Waals surface area contributed by atoms with Crippen molar-refractivity contribution in [3.8, 4) is 0 Å². The first-order valence-corrected chi connectivity index (χ1v) is 5.55. The van der Waals surface area contributed by atoms with Crippen molar-refractivity contribution in [1.29, 1.82) is 0 Å². The van der Waals surface area contributed by atoms with Gasteiger partial charge in [-0.05, 0) is 23.6 Å². The van der Waals surface area contributed by atoms with E-state index >= 15 is 0 Å². The van der Waals surface area contributed by atoms with Crippen molar-refractivity contribution in [2.75, 3.05) is 5.32 Å². The molecule has 2 aromatic rings. The maximum absolute atomic E-state index is 3.78. The fourth-order valence-corrected chi connectivity index (χ4v) is 1.78. The maximum Gasteiger partial charge on any atom is 0.0463 e. The fraction of sp³-hybridized carbons (Fsp3) is 0. The number of fused-ring (bicyclic) bond motifs is 1. The normalized spacial score (nSPS) is 11.2. The van der Waals surface area contributed by atoms with Crippen molar-refractivity contribution in [2.24, 2.45) is 0 Å². The lowest BCUT2D eigenvalue weighted by atomic mass is 10.1. The van der Waals surface area contributed by atoms with Gasteiger partial charge in [0.05, 0.1) is 0 Å². The van der Waals surface area contributed by atoms with E-state index in [9.17, 15) is 0 Å². The zero-order valence-corrected chi connectivity index (χ0v) is 9.69. The Morgan fingerprint density at radius 2 is 1.76 bits per heavy atom. The van der Waals surface area contributed by atoms with Crippen molar-refractivity contribution >= 4 is 16.5 Å². The summed E-state index contributed by atoms with van der Waals surface area (Å²) in [5.74, 6) is 0. The zero-order valence-electron chi connectivity index (χ0n) is 9.69. The first-order chi connectivity index (χ1) is 8.35. The second-order valence-corrected chi connectivity index (χ2v) is 3.71. The molecule has 0 heterocycles. The Labute approximate surface area is 102 Å². The van der Waals surface area contributed by atoms with Gasteiger partial charge in [0.15, 0.2) is 0 Å². The number of benzene rings is 2. The van der Waals surface area contributed by atoms with Crippen LogP contribution in [0.4, 0.5) is 5.69 Å². The number of nitrogens with one attached hydrogen (secondary N) is 1. The van der Waals surface area contributed by atoms with Crippen molar-refractivity contribution in [2.45, 2.75) is 0 Å². The first kappa shape index (κ1) is 11.2. The van der Waals surface area contributed by atoms with Crippen LogP contribution in [0.15, 0.2) is 79.5 Å². The van der Waals surface area contributed by atoms with Crippen LogP contribution in [-0.2, 0) is 0 Å². The standard InChI is InChI=1S/C16H15N/c1-3-8-14(4-2)17-16-12-7-10-13-9-5-6-11-15(13)16/h3-12,17H,1-2H2/b14-8+. The van der Waals surface area contributed by atoms with Crippen LogP contribution in [0.2, 0.25) is 0 Å². The quantitative estimate of drug-likeness (QED) is 0.749. The Bertz CT molecular complexity index is 574. The highest BCUT2D eigenvalue weighted by Gasteiger charge is 1.99. The smallest absolute Gasteiger partial charge is 0.0463 e. The van der Waals surface area contributed by atoms with Crippen LogP contribution in [-0.4, -0.2) is 0 Å². The Hall–Kier alpha value is -2.28. The Kier molecular flexibility index (Phi) is 3.41. The van der Waals surface area contributed by atoms with Gasteiger partial charge in [-0.15, -0.1) is 0 Å². The van der Waals surface area contributed by atoms with Crippen molar-refractivity contribution in [3.63, 3.8) is 0 Å². The van der Waals surface area contributed by atoms with E-state index in [0.717, 1.165) is 11.4 Å². The number of hydrogen-bond acceptors (Lipinski definition) is 1. The third kappa shape index (κ3) is 2.45. The summed E-state index contributed by atoms with van der Waals surface area (Å²) in [6, 6.07) is 14.5. The average molecular weight is 221 g/mol. The molecule has 0 saturated carbocycles. The van der Waals surface area contributed by atoms with E-state index < -0.39 is 0 Å². The average Bonchev–Trinajstić information content (AvgIpc) is 2.38. The van der Waals surface area contributed by atoms with Crippen molar-refractivity contribution in [3.05, 3.63) is 79.5 Å². The number of anilines is 1. The summed E-state index contributed by atoms with van der Waals surface area (Å²) >= 11 is 0. The molecule has 0 unspecified atom stereocenters. The molecule has 0 aliphatic rings. The number of rotatable bonds is 4. The van der Waals surface area contributed by atoms with Gasteiger partial charge in [-0.1, -0.05) is 55.6 Å². The molecule has 2 aromatic carbocycles. The molecule has 0 fully saturated rings. The number of allylic oxidation sites excluding steroid dienone is 3. The minimum absolute atomic E-state index is 0.941. The topological polar surface area (TPSA) is 12.0 Å². The first-order valence-electron chi connectivity index (χ1n) is 5.55. The molecule has 1 N–H and O–H groups in total. The molecule has 0 aliphatic heterocycles. The molecule has 2 rings (SSSR count). The highest BCUT2D eigenvalue weighted by atomic mass is 14.9. The predicted octanol–water partition coefficient (Wildman–Crippen LogP) is 4.51. The highest BCUT2D eigenvalue weighted by molar-refractivity contribution is 5.94. The second kappa shape index (κ2) is 5.17. The largest absolute Gasteiger partial charge is 0.355 e. The molecule has 0 amide bonds. The summed E-state index contributed by atoms with van der Waals surface area (Å²) in [6.07, 6.45) is 5.42. The summed E-state index contributed by atoms with van der Waals surface area (Å²) < 4.78 is 0. The van der Waals surface area contributed by atoms with Crippen LogP contribution >= 0.6 is 0 Å². The van der Waals surface area contributed by atoms with Gasteiger partial charge in [0.2, 0.25) is 0 Å². The van der Waals surface area contributed by atoms with Gasteiger partial charge in [-0.2, -0.15) is 0 Å². The SMILES string of the molecule is C=C/C=C(\C=C)Nc1cccc2ccccc12. The molecule has 0 bridgehead atoms. The Balaban J connectivity index is 2.45. The lowest BCUT2D eigenvalue weighted by Crippen LogP contribution is -1.96. The molecular weight excluding hydrogens is 206 g/mol. The molecule has 0 aromatic heterocycles. The van der Waals surface area contributed by atoms with Crippen LogP contribution in [0, 0.1) is 0 Å². The number of hydrogen-bond donors (Lipinski definition) is 1. The lowest BCUT2D eigenvalue weighted by Gasteiger charge is -2.10. The zero-order chi connectivity index (χ0) is 12.1. The molecule has 0 saturated heterocycles. The van der Waals surface area contributed by atoms with Gasteiger partial charge in [-0.3, -0.25) is 0 Å². The molecule has 17 heavy (non-hydrogen) atoms. The molecule has 1 heteroatoms. The van der Waals surface area contributed by atoms with Crippen LogP contribution < -0.4 is 5.32 Å². The summed E-state index contributed by atoms with van der Waals surface area (Å²) in [6.45, 7) is 7.47. The van der Waals surface area contributed by atoms with Crippen LogP contribution in [0.3, 0.4) is 0 Å². The van der Waals surface area contributed by atoms with Gasteiger partial charge in [0.1, 0.15) is 0 Å². The van der Waals surface area contributed by atoms with Gasteiger partial charge >= 0.3 is 0 Å². The van der Waals surface area contributed by atoms with Gasteiger partial charge < -0.3 is 5.32 Å². The van der Waals surface area contributed by atoms with Crippen LogP contribution in [0.25, 0.3) is 10.8 Å². The third-order valence-corrected chi connectivity index (χ3v) is 2.59. The maximum atomic E-state index is 3.78. The summed E-state index contributed by atoms with van der Waals surface area (Å²) in [5, 5.41) is 5.77. The van der Waals surface area contributed by atoms with E-state index in [0.29, 0.717) is 0 Å². The fourth-order valence-electron chi connectivity index (χ4n) is 1.78. The minimum atomic E-state index is 0.941. The summed E-state index contributed by atoms with van der Waals surface area (Å²) in [4.78, 5) is 0. The molecular formula is C16H15N. The molecule has 0 aliphatic carbocycles. The Morgan fingerprint density at radius 3 is 2.53 bits per heavy atom. The monoisotopic (exact) mass is 221 g/mol. The van der Waals surface area contributed by atoms with E-state index in [2.05, 4.69) is 42.7 Å². The molecule has 0 atom stereocenters. The summed E-state index contributed by atoms with van der Waals surface area (Å²) in [7, 11) is 0. The third-order valence-electron chi connectivity index (χ3n) is 2.59. The van der Waals surface area contributed by atoms with Crippen LogP contribution in [0.1, 0.15) is 0 Å². The Morgan fingerprint density at radius 1 is 1.00 bits per heavy atom. The summed E-state index contributed by atoms with van der Waals surface area (Å²) in [5.41, 5.74) is 2.02. The molecule has 84 valence electrons. The lowest BCUT2D eigenvalue weighted by molar-refractivity contribution is 1.50.